The van der Waals surface area contributed by atoms with Gasteiger partial charge in [0.15, 0.2) is 6.61 Å². The van der Waals surface area contributed by atoms with Gasteiger partial charge in [-0.25, -0.2) is 8.42 Å². The lowest BCUT2D eigenvalue weighted by atomic mass is 10.2. The van der Waals surface area contributed by atoms with Gasteiger partial charge in [-0.05, 0) is 45.0 Å². The van der Waals surface area contributed by atoms with Gasteiger partial charge in [-0.3, -0.25) is 9.59 Å². The molecule has 0 unspecified atom stereocenters. The van der Waals surface area contributed by atoms with E-state index in [0.29, 0.717) is 5.56 Å². The fourth-order valence-electron chi connectivity index (χ4n) is 2.24. The van der Waals surface area contributed by atoms with E-state index in [0.717, 1.165) is 9.75 Å². The molecule has 0 spiro atoms. The first kappa shape index (κ1) is 21.8. The van der Waals surface area contributed by atoms with Gasteiger partial charge >= 0.3 is 5.97 Å². The number of carbonyl (C=O) groups is 2. The average molecular weight is 450 g/mol. The molecule has 0 saturated carbocycles. The Balaban J connectivity index is 1.99. The van der Waals surface area contributed by atoms with Crippen molar-refractivity contribution in [3.8, 4) is 0 Å². The van der Waals surface area contributed by atoms with Crippen molar-refractivity contribution in [1.29, 1.82) is 0 Å². The summed E-state index contributed by atoms with van der Waals surface area (Å²) in [4.78, 5) is 25.9. The van der Waals surface area contributed by atoms with Gasteiger partial charge in [-0.1, -0.05) is 23.2 Å². The van der Waals surface area contributed by atoms with Crippen molar-refractivity contribution in [1.82, 2.24) is 4.72 Å². The summed E-state index contributed by atoms with van der Waals surface area (Å²) in [6.45, 7) is 4.54. The number of rotatable bonds is 7. The van der Waals surface area contributed by atoms with Gasteiger partial charge in [0.1, 0.15) is 6.04 Å². The lowest BCUT2D eigenvalue weighted by Gasteiger charge is -2.14. The predicted molar refractivity (Wildman–Crippen MR) is 105 cm³/mol. The summed E-state index contributed by atoms with van der Waals surface area (Å²) in [7, 11) is -4.02. The second kappa shape index (κ2) is 8.70. The van der Waals surface area contributed by atoms with Gasteiger partial charge in [-0.15, -0.1) is 11.3 Å². The maximum Gasteiger partial charge on any atom is 0.324 e. The number of esters is 1. The Morgan fingerprint density at radius 1 is 1.19 bits per heavy atom. The van der Waals surface area contributed by atoms with E-state index in [1.165, 1.54) is 36.5 Å². The Bertz CT molecular complexity index is 985. The first-order valence-corrected chi connectivity index (χ1v) is 10.8. The largest absolute Gasteiger partial charge is 0.456 e. The fraction of sp³-hybridized carbons (Fsp3) is 0.294. The molecule has 1 heterocycles. The number of thiophene rings is 1. The van der Waals surface area contributed by atoms with E-state index in [9.17, 15) is 18.0 Å². The van der Waals surface area contributed by atoms with Gasteiger partial charge in [0.2, 0.25) is 15.8 Å². The number of ether oxygens (including phenoxy) is 1. The molecular formula is C17H17Cl2NO5S2. The molecule has 10 heteroatoms. The van der Waals surface area contributed by atoms with Crippen LogP contribution in [0.4, 0.5) is 0 Å². The number of ketones is 1. The third kappa shape index (κ3) is 5.52. The molecule has 0 aliphatic carbocycles. The monoisotopic (exact) mass is 449 g/mol. The molecule has 0 radical (unpaired) electrons. The van der Waals surface area contributed by atoms with Crippen molar-refractivity contribution in [2.75, 3.05) is 6.61 Å². The molecular weight excluding hydrogens is 433 g/mol. The molecule has 0 amide bonds. The van der Waals surface area contributed by atoms with Gasteiger partial charge in [-0.2, -0.15) is 4.72 Å². The highest BCUT2D eigenvalue weighted by atomic mass is 35.5. The van der Waals surface area contributed by atoms with Crippen LogP contribution in [-0.2, 0) is 19.6 Å². The summed E-state index contributed by atoms with van der Waals surface area (Å²) in [5.41, 5.74) is 0.495. The van der Waals surface area contributed by atoms with Crippen LogP contribution in [0, 0.1) is 13.8 Å². The summed E-state index contributed by atoms with van der Waals surface area (Å²) >= 11 is 13.1. The molecule has 0 bridgehead atoms. The van der Waals surface area contributed by atoms with E-state index in [1.54, 1.807) is 13.0 Å². The second-order valence-electron chi connectivity index (χ2n) is 5.78. The van der Waals surface area contributed by atoms with Crippen LogP contribution in [0.1, 0.15) is 27.0 Å². The summed E-state index contributed by atoms with van der Waals surface area (Å²) in [5.74, 6) is -1.21. The molecule has 2 rings (SSSR count). The molecule has 0 saturated heterocycles. The Kier molecular flexibility index (Phi) is 7.04. The Morgan fingerprint density at radius 3 is 2.41 bits per heavy atom. The number of aryl methyl sites for hydroxylation is 2. The van der Waals surface area contributed by atoms with Crippen molar-refractivity contribution in [2.45, 2.75) is 31.7 Å². The number of halogens is 2. The zero-order valence-electron chi connectivity index (χ0n) is 14.7. The standard InChI is InChI=1S/C17H17Cl2NO5S2/c1-9-6-13(11(3)26-9)16(21)8-25-17(22)10(2)20-27(23,24)12-4-5-14(18)15(19)7-12/h4-7,10,20H,8H2,1-3H3/t10-/m0/s1. The van der Waals surface area contributed by atoms with E-state index >= 15 is 0 Å². The molecule has 6 nitrogen and oxygen atoms in total. The molecule has 0 aliphatic rings. The molecule has 27 heavy (non-hydrogen) atoms. The van der Waals surface area contributed by atoms with Crippen molar-refractivity contribution in [3.63, 3.8) is 0 Å². The van der Waals surface area contributed by atoms with Crippen molar-refractivity contribution in [3.05, 3.63) is 49.6 Å². The number of benzene rings is 1. The minimum atomic E-state index is -4.02. The van der Waals surface area contributed by atoms with E-state index in [4.69, 9.17) is 27.9 Å². The minimum absolute atomic E-state index is 0.0711. The zero-order valence-corrected chi connectivity index (χ0v) is 17.9. The third-order valence-electron chi connectivity index (χ3n) is 3.57. The lowest BCUT2D eigenvalue weighted by Crippen LogP contribution is -2.40. The van der Waals surface area contributed by atoms with Crippen LogP contribution in [-0.4, -0.2) is 32.8 Å². The van der Waals surface area contributed by atoms with Gasteiger partial charge < -0.3 is 4.74 Å². The maximum absolute atomic E-state index is 12.3. The Hall–Kier alpha value is -1.45. The molecule has 146 valence electrons. The zero-order chi connectivity index (χ0) is 20.4. The minimum Gasteiger partial charge on any atom is -0.456 e. The smallest absolute Gasteiger partial charge is 0.324 e. The molecule has 0 aliphatic heterocycles. The molecule has 1 atom stereocenters. The molecule has 1 aromatic heterocycles. The first-order chi connectivity index (χ1) is 12.5. The second-order valence-corrected chi connectivity index (χ2v) is 9.77. The van der Waals surface area contributed by atoms with Crippen molar-refractivity contribution in [2.24, 2.45) is 0 Å². The van der Waals surface area contributed by atoms with Crippen LogP contribution < -0.4 is 4.72 Å². The molecule has 1 aromatic carbocycles. The third-order valence-corrected chi connectivity index (χ3v) is 6.82. The fourth-order valence-corrected chi connectivity index (χ4v) is 4.76. The SMILES string of the molecule is Cc1cc(C(=O)COC(=O)[C@H](C)NS(=O)(=O)c2ccc(Cl)c(Cl)c2)c(C)s1. The molecule has 1 N–H and O–H groups in total. The van der Waals surface area contributed by atoms with Crippen LogP contribution in [0.15, 0.2) is 29.2 Å². The van der Waals surface area contributed by atoms with E-state index < -0.39 is 28.6 Å². The summed E-state index contributed by atoms with van der Waals surface area (Å²) in [6.07, 6.45) is 0. The number of carbonyl (C=O) groups excluding carboxylic acids is 2. The maximum atomic E-state index is 12.3. The normalized spacial score (nSPS) is 12.6. The average Bonchev–Trinajstić information content (AvgIpc) is 2.92. The Morgan fingerprint density at radius 2 is 1.85 bits per heavy atom. The van der Waals surface area contributed by atoms with Crippen LogP contribution in [0.25, 0.3) is 0 Å². The predicted octanol–water partition coefficient (Wildman–Crippen LogP) is 3.76. The molecule has 2 aromatic rings. The number of hydrogen-bond donors (Lipinski definition) is 1. The van der Waals surface area contributed by atoms with Crippen molar-refractivity contribution >= 4 is 56.3 Å². The topological polar surface area (TPSA) is 89.5 Å². The first-order valence-electron chi connectivity index (χ1n) is 7.75. The van der Waals surface area contributed by atoms with Gasteiger partial charge in [0.05, 0.1) is 14.9 Å². The Labute approximate surface area is 171 Å². The van der Waals surface area contributed by atoms with Gasteiger partial charge in [0, 0.05) is 15.3 Å². The summed E-state index contributed by atoms with van der Waals surface area (Å²) in [5, 5.41) is 0.280. The highest BCUT2D eigenvalue weighted by Crippen LogP contribution is 2.25. The number of nitrogens with one attached hydrogen (secondary N) is 1. The van der Waals surface area contributed by atoms with E-state index in [2.05, 4.69) is 4.72 Å². The number of sulfonamides is 1. The van der Waals surface area contributed by atoms with E-state index in [1.807, 2.05) is 6.92 Å². The highest BCUT2D eigenvalue weighted by molar-refractivity contribution is 7.89. The number of hydrogen-bond acceptors (Lipinski definition) is 6. The van der Waals surface area contributed by atoms with Crippen LogP contribution in [0.3, 0.4) is 0 Å². The lowest BCUT2D eigenvalue weighted by molar-refractivity contribution is -0.144. The quantitative estimate of drug-likeness (QED) is 0.513. The highest BCUT2D eigenvalue weighted by Gasteiger charge is 2.24. The summed E-state index contributed by atoms with van der Waals surface area (Å²) in [6, 6.07) is 4.32. The van der Waals surface area contributed by atoms with Gasteiger partial charge in [0.25, 0.3) is 0 Å². The summed E-state index contributed by atoms with van der Waals surface area (Å²) < 4.78 is 31.8. The van der Waals surface area contributed by atoms with E-state index in [-0.39, 0.29) is 20.7 Å². The number of Topliss-reactive ketones (excluding diaryl/α,β-unsaturated/α-hetero) is 1. The van der Waals surface area contributed by atoms with Crippen LogP contribution >= 0.6 is 34.5 Å². The van der Waals surface area contributed by atoms with Crippen LogP contribution in [0.2, 0.25) is 10.0 Å². The molecule has 0 fully saturated rings. The van der Waals surface area contributed by atoms with Crippen molar-refractivity contribution < 1.29 is 22.7 Å². The van der Waals surface area contributed by atoms with Crippen LogP contribution in [0.5, 0.6) is 0 Å².